The smallest absolute Gasteiger partial charge is 0.225 e. The monoisotopic (exact) mass is 356 g/mol. The molecule has 2 aromatic rings. The van der Waals surface area contributed by atoms with Gasteiger partial charge in [0.25, 0.3) is 0 Å². The molecule has 0 aromatic heterocycles. The lowest BCUT2D eigenvalue weighted by atomic mass is 9.85. The highest BCUT2D eigenvalue weighted by Gasteiger charge is 2.39. The van der Waals surface area contributed by atoms with E-state index in [9.17, 15) is 9.18 Å². The Morgan fingerprint density at radius 3 is 3.00 bits per heavy atom. The summed E-state index contributed by atoms with van der Waals surface area (Å²) in [5, 5.41) is 3.02. The number of carbonyl (C=O) groups excluding carboxylic acids is 1. The van der Waals surface area contributed by atoms with Gasteiger partial charge in [0.2, 0.25) is 5.91 Å². The summed E-state index contributed by atoms with van der Waals surface area (Å²) >= 11 is 1.92. The molecule has 1 amide bonds. The van der Waals surface area contributed by atoms with E-state index in [0.29, 0.717) is 6.54 Å². The Morgan fingerprint density at radius 2 is 2.12 bits per heavy atom. The van der Waals surface area contributed by atoms with Crippen molar-refractivity contribution in [2.24, 2.45) is 5.92 Å². The normalized spacial score (nSPS) is 22.0. The fraction of sp³-hybridized carbons (Fsp3) is 0.350. The van der Waals surface area contributed by atoms with Gasteiger partial charge >= 0.3 is 0 Å². The molecule has 0 saturated carbocycles. The first-order valence-electron chi connectivity index (χ1n) is 8.67. The number of fused-ring (bicyclic) bond motifs is 3. The van der Waals surface area contributed by atoms with Crippen LogP contribution in [0.1, 0.15) is 11.1 Å². The maximum atomic E-state index is 13.3. The fourth-order valence-corrected chi connectivity index (χ4v) is 4.97. The van der Waals surface area contributed by atoms with Crippen LogP contribution in [0.3, 0.4) is 0 Å². The minimum atomic E-state index is -0.270. The molecule has 0 aliphatic carbocycles. The van der Waals surface area contributed by atoms with Gasteiger partial charge in [0.1, 0.15) is 5.82 Å². The number of para-hydroxylation sites is 1. The van der Waals surface area contributed by atoms with Gasteiger partial charge < -0.3 is 10.2 Å². The summed E-state index contributed by atoms with van der Waals surface area (Å²) < 4.78 is 13.3. The lowest BCUT2D eigenvalue weighted by Gasteiger charge is -2.45. The van der Waals surface area contributed by atoms with Crippen LogP contribution < -0.4 is 10.2 Å². The number of benzene rings is 2. The van der Waals surface area contributed by atoms with Crippen molar-refractivity contribution in [3.8, 4) is 0 Å². The van der Waals surface area contributed by atoms with E-state index in [1.807, 2.05) is 23.9 Å². The molecule has 130 valence electrons. The zero-order valence-electron chi connectivity index (χ0n) is 14.0. The van der Waals surface area contributed by atoms with Gasteiger partial charge in [-0.1, -0.05) is 30.3 Å². The Balaban J connectivity index is 1.51. The van der Waals surface area contributed by atoms with Gasteiger partial charge in [-0.05, 0) is 35.7 Å². The SMILES string of the molecule is O=C(NCc1cccc(F)c1)C1Cc2ccccc2N2CCSCC12. The average molecular weight is 356 g/mol. The third-order valence-electron chi connectivity index (χ3n) is 5.06. The summed E-state index contributed by atoms with van der Waals surface area (Å²) in [5.74, 6) is 1.82. The number of anilines is 1. The Labute approximate surface area is 151 Å². The van der Waals surface area contributed by atoms with E-state index < -0.39 is 0 Å². The van der Waals surface area contributed by atoms with Crippen LogP contribution in [0.25, 0.3) is 0 Å². The number of thioether (sulfide) groups is 1. The molecule has 0 bridgehead atoms. The Hall–Kier alpha value is -2.01. The number of nitrogens with one attached hydrogen (secondary N) is 1. The van der Waals surface area contributed by atoms with Crippen molar-refractivity contribution in [3.05, 3.63) is 65.5 Å². The van der Waals surface area contributed by atoms with Gasteiger partial charge in [0, 0.05) is 36.3 Å². The first-order chi connectivity index (χ1) is 12.2. The van der Waals surface area contributed by atoms with E-state index in [0.717, 1.165) is 30.0 Å². The van der Waals surface area contributed by atoms with Crippen LogP contribution in [0.5, 0.6) is 0 Å². The van der Waals surface area contributed by atoms with E-state index in [-0.39, 0.29) is 23.7 Å². The second kappa shape index (κ2) is 7.08. The number of hydrogen-bond acceptors (Lipinski definition) is 3. The topological polar surface area (TPSA) is 32.3 Å². The summed E-state index contributed by atoms with van der Waals surface area (Å²) in [6.45, 7) is 1.36. The molecule has 2 aliphatic heterocycles. The molecule has 3 nitrogen and oxygen atoms in total. The predicted molar refractivity (Wildman–Crippen MR) is 100 cm³/mol. The minimum absolute atomic E-state index is 0.0590. The summed E-state index contributed by atoms with van der Waals surface area (Å²) in [6, 6.07) is 15.0. The van der Waals surface area contributed by atoms with E-state index >= 15 is 0 Å². The Bertz CT molecular complexity index is 782. The lowest BCUT2D eigenvalue weighted by molar-refractivity contribution is -0.125. The van der Waals surface area contributed by atoms with Crippen LogP contribution in [-0.4, -0.2) is 30.0 Å². The Morgan fingerprint density at radius 1 is 1.24 bits per heavy atom. The third kappa shape index (κ3) is 3.38. The van der Waals surface area contributed by atoms with Crippen molar-refractivity contribution >= 4 is 23.4 Å². The third-order valence-corrected chi connectivity index (χ3v) is 6.11. The van der Waals surface area contributed by atoms with E-state index in [1.165, 1.54) is 23.4 Å². The van der Waals surface area contributed by atoms with Crippen LogP contribution >= 0.6 is 11.8 Å². The molecule has 4 rings (SSSR count). The number of nitrogens with zero attached hydrogens (tertiary/aromatic N) is 1. The molecular formula is C20H21FN2OS. The quantitative estimate of drug-likeness (QED) is 0.916. The number of amides is 1. The van der Waals surface area contributed by atoms with Gasteiger partial charge in [-0.15, -0.1) is 0 Å². The maximum absolute atomic E-state index is 13.3. The molecule has 0 spiro atoms. The van der Waals surface area contributed by atoms with Crippen LogP contribution in [0, 0.1) is 11.7 Å². The second-order valence-corrected chi connectivity index (χ2v) is 7.77. The fourth-order valence-electron chi connectivity index (χ4n) is 3.83. The molecule has 2 aliphatic rings. The molecule has 0 radical (unpaired) electrons. The highest BCUT2D eigenvalue weighted by atomic mass is 32.2. The second-order valence-electron chi connectivity index (χ2n) is 6.62. The van der Waals surface area contributed by atoms with Crippen LogP contribution in [0.15, 0.2) is 48.5 Å². The van der Waals surface area contributed by atoms with Gasteiger partial charge in [0.15, 0.2) is 0 Å². The minimum Gasteiger partial charge on any atom is -0.366 e. The Kier molecular flexibility index (Phi) is 4.66. The van der Waals surface area contributed by atoms with Crippen molar-refractivity contribution < 1.29 is 9.18 Å². The number of hydrogen-bond donors (Lipinski definition) is 1. The molecule has 1 fully saturated rings. The van der Waals surface area contributed by atoms with Crippen molar-refractivity contribution in [2.45, 2.75) is 19.0 Å². The summed E-state index contributed by atoms with van der Waals surface area (Å²) in [6.07, 6.45) is 0.771. The maximum Gasteiger partial charge on any atom is 0.225 e. The molecule has 1 N–H and O–H groups in total. The largest absolute Gasteiger partial charge is 0.366 e. The molecule has 25 heavy (non-hydrogen) atoms. The highest BCUT2D eigenvalue weighted by Crippen LogP contribution is 2.37. The molecule has 2 atom stereocenters. The first-order valence-corrected chi connectivity index (χ1v) is 9.82. The molecule has 2 heterocycles. The van der Waals surface area contributed by atoms with Gasteiger partial charge in [-0.25, -0.2) is 4.39 Å². The van der Waals surface area contributed by atoms with Gasteiger partial charge in [-0.2, -0.15) is 11.8 Å². The number of carbonyl (C=O) groups is 1. The van der Waals surface area contributed by atoms with Crippen LogP contribution in [-0.2, 0) is 17.8 Å². The molecule has 2 unspecified atom stereocenters. The molecular weight excluding hydrogens is 335 g/mol. The number of rotatable bonds is 3. The summed E-state index contributed by atoms with van der Waals surface area (Å²) in [5.41, 5.74) is 3.32. The van der Waals surface area contributed by atoms with E-state index in [1.54, 1.807) is 6.07 Å². The van der Waals surface area contributed by atoms with Crippen LogP contribution in [0.4, 0.5) is 10.1 Å². The standard InChI is InChI=1S/C20H21FN2OS/c21-16-6-3-4-14(10-16)12-22-20(24)17-11-15-5-1-2-7-18(15)23-8-9-25-13-19(17)23/h1-7,10,17,19H,8-9,11-13H2,(H,22,24). The van der Waals surface area contributed by atoms with Crippen LogP contribution in [0.2, 0.25) is 0 Å². The van der Waals surface area contributed by atoms with Crippen molar-refractivity contribution in [1.82, 2.24) is 5.32 Å². The molecule has 2 aromatic carbocycles. The van der Waals surface area contributed by atoms with Crippen molar-refractivity contribution in [1.29, 1.82) is 0 Å². The van der Waals surface area contributed by atoms with Crippen molar-refractivity contribution in [2.75, 3.05) is 23.0 Å². The van der Waals surface area contributed by atoms with E-state index in [2.05, 4.69) is 28.4 Å². The molecule has 5 heteroatoms. The van der Waals surface area contributed by atoms with Gasteiger partial charge in [-0.3, -0.25) is 4.79 Å². The lowest BCUT2D eigenvalue weighted by Crippen LogP contribution is -2.54. The van der Waals surface area contributed by atoms with Crippen molar-refractivity contribution in [3.63, 3.8) is 0 Å². The zero-order valence-corrected chi connectivity index (χ0v) is 14.8. The average Bonchev–Trinajstić information content (AvgIpc) is 2.65. The predicted octanol–water partition coefficient (Wildman–Crippen LogP) is 3.24. The zero-order chi connectivity index (χ0) is 17.2. The summed E-state index contributed by atoms with van der Waals surface area (Å²) in [4.78, 5) is 15.3. The van der Waals surface area contributed by atoms with E-state index in [4.69, 9.17) is 0 Å². The first kappa shape index (κ1) is 16.5. The molecule has 1 saturated heterocycles. The number of halogens is 1. The summed E-state index contributed by atoms with van der Waals surface area (Å²) in [7, 11) is 0. The van der Waals surface area contributed by atoms with Gasteiger partial charge in [0.05, 0.1) is 5.92 Å². The highest BCUT2D eigenvalue weighted by molar-refractivity contribution is 7.99.